The molecule has 1 nitrogen and oxygen atoms in total. The molecule has 0 bridgehead atoms. The number of hydrogen-bond acceptors (Lipinski definition) is 1. The topological polar surface area (TPSA) is 13.1 Å². The molecular weight excluding hydrogens is 268 g/mol. The summed E-state index contributed by atoms with van der Waals surface area (Å²) < 4.78 is 5.48. The second-order valence-electron chi connectivity index (χ2n) is 4.96. The van der Waals surface area contributed by atoms with Crippen molar-refractivity contribution in [2.24, 2.45) is 0 Å². The van der Waals surface area contributed by atoms with Crippen molar-refractivity contribution in [1.29, 1.82) is 0 Å². The van der Waals surface area contributed by atoms with E-state index >= 15 is 0 Å². The van der Waals surface area contributed by atoms with Crippen LogP contribution in [0.5, 0.6) is 0 Å². The van der Waals surface area contributed by atoms with Gasteiger partial charge in [-0.15, -0.1) is 11.6 Å². The van der Waals surface area contributed by atoms with E-state index in [1.807, 2.05) is 6.07 Å². The minimum Gasteiger partial charge on any atom is -0.469 e. The molecule has 102 valence electrons. The molecule has 0 aliphatic carbocycles. The molecule has 0 spiro atoms. The molecule has 1 aromatic heterocycles. The van der Waals surface area contributed by atoms with Gasteiger partial charge in [-0.05, 0) is 28.8 Å². The first-order valence-electron chi connectivity index (χ1n) is 6.96. The molecule has 20 heavy (non-hydrogen) atoms. The number of hydrogen-bond donors (Lipinski definition) is 0. The minimum atomic E-state index is -0.0468. The van der Waals surface area contributed by atoms with Crippen molar-refractivity contribution in [2.45, 2.75) is 25.1 Å². The molecule has 0 N–H and O–H groups in total. The monoisotopic (exact) mass is 284 g/mol. The first kappa shape index (κ1) is 13.3. The predicted molar refractivity (Wildman–Crippen MR) is 84.3 cm³/mol. The molecule has 1 atom stereocenters. The van der Waals surface area contributed by atoms with Crippen LogP contribution in [0.1, 0.15) is 29.2 Å². The summed E-state index contributed by atoms with van der Waals surface area (Å²) in [6.45, 7) is 2.09. The quantitative estimate of drug-likeness (QED) is 0.575. The van der Waals surface area contributed by atoms with Crippen molar-refractivity contribution in [3.8, 4) is 0 Å². The van der Waals surface area contributed by atoms with Crippen molar-refractivity contribution >= 4 is 22.4 Å². The second kappa shape index (κ2) is 5.72. The molecule has 3 rings (SSSR count). The van der Waals surface area contributed by atoms with Gasteiger partial charge in [0.25, 0.3) is 0 Å². The SMILES string of the molecule is CCc1occc1C(Cl)Cc1cccc2ccccc12. The Morgan fingerprint density at radius 2 is 1.85 bits per heavy atom. The summed E-state index contributed by atoms with van der Waals surface area (Å²) in [6.07, 6.45) is 3.42. The highest BCUT2D eigenvalue weighted by Gasteiger charge is 2.16. The Bertz CT molecular complexity index is 709. The van der Waals surface area contributed by atoms with Crippen LogP contribution in [0.3, 0.4) is 0 Å². The van der Waals surface area contributed by atoms with Gasteiger partial charge in [-0.1, -0.05) is 49.4 Å². The number of alkyl halides is 1. The largest absolute Gasteiger partial charge is 0.469 e. The van der Waals surface area contributed by atoms with E-state index in [4.69, 9.17) is 16.0 Å². The van der Waals surface area contributed by atoms with Gasteiger partial charge in [-0.25, -0.2) is 0 Å². The zero-order valence-corrected chi connectivity index (χ0v) is 12.2. The number of aryl methyl sites for hydroxylation is 1. The Morgan fingerprint density at radius 3 is 2.70 bits per heavy atom. The van der Waals surface area contributed by atoms with Crippen LogP contribution >= 0.6 is 11.6 Å². The van der Waals surface area contributed by atoms with E-state index in [-0.39, 0.29) is 5.38 Å². The van der Waals surface area contributed by atoms with Gasteiger partial charge in [0.15, 0.2) is 0 Å². The minimum absolute atomic E-state index is 0.0468. The third-order valence-electron chi connectivity index (χ3n) is 3.72. The summed E-state index contributed by atoms with van der Waals surface area (Å²) in [6, 6.07) is 16.8. The molecule has 0 saturated heterocycles. The molecule has 0 aliphatic heterocycles. The molecule has 2 aromatic carbocycles. The molecule has 0 saturated carbocycles. The van der Waals surface area contributed by atoms with E-state index in [1.54, 1.807) is 6.26 Å². The zero-order valence-electron chi connectivity index (χ0n) is 11.5. The van der Waals surface area contributed by atoms with Crippen LogP contribution in [-0.2, 0) is 12.8 Å². The third kappa shape index (κ3) is 2.46. The van der Waals surface area contributed by atoms with Gasteiger partial charge >= 0.3 is 0 Å². The standard InChI is InChI=1S/C18H17ClO/c1-2-18-16(10-11-20-18)17(19)12-14-8-5-7-13-6-3-4-9-15(13)14/h3-11,17H,2,12H2,1H3. The van der Waals surface area contributed by atoms with E-state index in [9.17, 15) is 0 Å². The van der Waals surface area contributed by atoms with Gasteiger partial charge < -0.3 is 4.42 Å². The average molecular weight is 285 g/mol. The highest BCUT2D eigenvalue weighted by Crippen LogP contribution is 2.31. The van der Waals surface area contributed by atoms with E-state index in [1.165, 1.54) is 16.3 Å². The Morgan fingerprint density at radius 1 is 1.05 bits per heavy atom. The van der Waals surface area contributed by atoms with Gasteiger partial charge in [0, 0.05) is 12.0 Å². The maximum Gasteiger partial charge on any atom is 0.108 e. The van der Waals surface area contributed by atoms with Crippen LogP contribution in [0.25, 0.3) is 10.8 Å². The molecule has 1 heterocycles. The van der Waals surface area contributed by atoms with E-state index in [0.29, 0.717) is 0 Å². The number of furan rings is 1. The van der Waals surface area contributed by atoms with Gasteiger partial charge in [-0.2, -0.15) is 0 Å². The number of fused-ring (bicyclic) bond motifs is 1. The lowest BCUT2D eigenvalue weighted by Crippen LogP contribution is -1.98. The fraction of sp³-hybridized carbons (Fsp3) is 0.222. The first-order valence-corrected chi connectivity index (χ1v) is 7.40. The van der Waals surface area contributed by atoms with Crippen LogP contribution in [0.4, 0.5) is 0 Å². The van der Waals surface area contributed by atoms with E-state index in [2.05, 4.69) is 49.4 Å². The maximum atomic E-state index is 6.61. The Labute approximate surface area is 124 Å². The van der Waals surface area contributed by atoms with Gasteiger partial charge in [-0.3, -0.25) is 0 Å². The van der Waals surface area contributed by atoms with Crippen molar-refractivity contribution in [1.82, 2.24) is 0 Å². The van der Waals surface area contributed by atoms with Crippen molar-refractivity contribution < 1.29 is 4.42 Å². The van der Waals surface area contributed by atoms with E-state index in [0.717, 1.165) is 24.2 Å². The van der Waals surface area contributed by atoms with Gasteiger partial charge in [0.05, 0.1) is 11.6 Å². The molecule has 0 amide bonds. The fourth-order valence-electron chi connectivity index (χ4n) is 2.69. The summed E-state index contributed by atoms with van der Waals surface area (Å²) in [7, 11) is 0. The summed E-state index contributed by atoms with van der Waals surface area (Å²) >= 11 is 6.61. The Balaban J connectivity index is 1.93. The Kier molecular flexibility index (Phi) is 3.79. The Hall–Kier alpha value is -1.73. The lowest BCUT2D eigenvalue weighted by atomic mass is 9.98. The summed E-state index contributed by atoms with van der Waals surface area (Å²) in [4.78, 5) is 0. The molecule has 2 heteroatoms. The number of rotatable bonds is 4. The van der Waals surface area contributed by atoms with Crippen LogP contribution in [0, 0.1) is 0 Å². The fourth-order valence-corrected chi connectivity index (χ4v) is 3.05. The lowest BCUT2D eigenvalue weighted by Gasteiger charge is -2.12. The van der Waals surface area contributed by atoms with Crippen molar-refractivity contribution in [3.63, 3.8) is 0 Å². The summed E-state index contributed by atoms with van der Waals surface area (Å²) in [5.74, 6) is 0.991. The molecule has 3 aromatic rings. The third-order valence-corrected chi connectivity index (χ3v) is 4.11. The molecule has 0 radical (unpaired) electrons. The molecule has 1 unspecified atom stereocenters. The highest BCUT2D eigenvalue weighted by molar-refractivity contribution is 6.21. The normalized spacial score (nSPS) is 12.7. The predicted octanol–water partition coefficient (Wildman–Crippen LogP) is 5.52. The van der Waals surface area contributed by atoms with Gasteiger partial charge in [0.2, 0.25) is 0 Å². The van der Waals surface area contributed by atoms with Crippen molar-refractivity contribution in [2.75, 3.05) is 0 Å². The molecular formula is C18H17ClO. The number of halogens is 1. The first-order chi connectivity index (χ1) is 9.79. The number of benzene rings is 2. The highest BCUT2D eigenvalue weighted by atomic mass is 35.5. The van der Waals surface area contributed by atoms with Gasteiger partial charge in [0.1, 0.15) is 5.76 Å². The maximum absolute atomic E-state index is 6.61. The summed E-state index contributed by atoms with van der Waals surface area (Å²) in [5, 5.41) is 2.49. The molecule has 0 aliphatic rings. The smallest absolute Gasteiger partial charge is 0.108 e. The van der Waals surface area contributed by atoms with Crippen LogP contribution in [-0.4, -0.2) is 0 Å². The van der Waals surface area contributed by atoms with Crippen molar-refractivity contribution in [3.05, 3.63) is 71.7 Å². The summed E-state index contributed by atoms with van der Waals surface area (Å²) in [5.41, 5.74) is 2.40. The van der Waals surface area contributed by atoms with E-state index < -0.39 is 0 Å². The lowest BCUT2D eigenvalue weighted by molar-refractivity contribution is 0.510. The second-order valence-corrected chi connectivity index (χ2v) is 5.49. The zero-order chi connectivity index (χ0) is 13.9. The average Bonchev–Trinajstić information content (AvgIpc) is 2.96. The van der Waals surface area contributed by atoms with Crippen LogP contribution in [0.15, 0.2) is 59.2 Å². The molecule has 0 fully saturated rings. The van der Waals surface area contributed by atoms with Crippen LogP contribution < -0.4 is 0 Å². The van der Waals surface area contributed by atoms with Crippen LogP contribution in [0.2, 0.25) is 0 Å².